The van der Waals surface area contributed by atoms with Crippen molar-refractivity contribution in [3.63, 3.8) is 0 Å². The first-order chi connectivity index (χ1) is 12.5. The molecule has 2 aromatic rings. The third-order valence-corrected chi connectivity index (χ3v) is 4.89. The van der Waals surface area contributed by atoms with Crippen LogP contribution in [0.5, 0.6) is 5.75 Å². The van der Waals surface area contributed by atoms with Crippen molar-refractivity contribution in [3.8, 4) is 5.75 Å². The number of carbonyl (C=O) groups excluding carboxylic acids is 1. The molecular formula is C20H23Cl2FN2O2. The molecule has 146 valence electrons. The number of nitrogens with two attached hydrogens (primary N) is 1. The minimum atomic E-state index is -0.866. The van der Waals surface area contributed by atoms with Crippen molar-refractivity contribution < 1.29 is 13.9 Å². The van der Waals surface area contributed by atoms with Crippen molar-refractivity contribution in [2.45, 2.75) is 43.9 Å². The van der Waals surface area contributed by atoms with Crippen molar-refractivity contribution in [2.24, 2.45) is 5.73 Å². The lowest BCUT2D eigenvalue weighted by molar-refractivity contribution is -0.129. The van der Waals surface area contributed by atoms with Crippen molar-refractivity contribution in [2.75, 3.05) is 0 Å². The molecule has 0 saturated heterocycles. The van der Waals surface area contributed by atoms with Gasteiger partial charge in [-0.05, 0) is 43.9 Å². The SMILES string of the molecule is Cl.NC1CCC(NC(=O)C(Oc2ccc(F)cc2Cl)c2ccccc2)CC1. The summed E-state index contributed by atoms with van der Waals surface area (Å²) >= 11 is 6.06. The molecule has 0 bridgehead atoms. The largest absolute Gasteiger partial charge is 0.474 e. The van der Waals surface area contributed by atoms with Crippen LogP contribution in [0.25, 0.3) is 0 Å². The van der Waals surface area contributed by atoms with Gasteiger partial charge in [-0.2, -0.15) is 0 Å². The molecule has 1 amide bonds. The highest BCUT2D eigenvalue weighted by molar-refractivity contribution is 6.32. The van der Waals surface area contributed by atoms with E-state index < -0.39 is 11.9 Å². The van der Waals surface area contributed by atoms with Crippen molar-refractivity contribution in [3.05, 3.63) is 64.9 Å². The Morgan fingerprint density at radius 2 is 1.81 bits per heavy atom. The molecule has 0 aliphatic heterocycles. The summed E-state index contributed by atoms with van der Waals surface area (Å²) in [5.74, 6) is -0.429. The molecule has 27 heavy (non-hydrogen) atoms. The van der Waals surface area contributed by atoms with Gasteiger partial charge >= 0.3 is 0 Å². The lowest BCUT2D eigenvalue weighted by Gasteiger charge is -2.28. The predicted molar refractivity (Wildman–Crippen MR) is 107 cm³/mol. The molecular weight excluding hydrogens is 390 g/mol. The van der Waals surface area contributed by atoms with Gasteiger partial charge in [0.05, 0.1) is 5.02 Å². The summed E-state index contributed by atoms with van der Waals surface area (Å²) in [5.41, 5.74) is 6.63. The number of nitrogens with one attached hydrogen (secondary N) is 1. The van der Waals surface area contributed by atoms with Gasteiger partial charge in [0.15, 0.2) is 0 Å². The van der Waals surface area contributed by atoms with Crippen LogP contribution in [0.4, 0.5) is 4.39 Å². The first kappa shape index (κ1) is 21.5. The van der Waals surface area contributed by atoms with Crippen LogP contribution in [-0.2, 0) is 4.79 Å². The Labute approximate surface area is 169 Å². The van der Waals surface area contributed by atoms with Crippen molar-refractivity contribution in [1.29, 1.82) is 0 Å². The second-order valence-corrected chi connectivity index (χ2v) is 7.01. The number of ether oxygens (including phenoxy) is 1. The average Bonchev–Trinajstić information content (AvgIpc) is 2.63. The third kappa shape index (κ3) is 5.83. The van der Waals surface area contributed by atoms with E-state index in [4.69, 9.17) is 22.1 Å². The van der Waals surface area contributed by atoms with E-state index >= 15 is 0 Å². The molecule has 7 heteroatoms. The van der Waals surface area contributed by atoms with E-state index in [1.54, 1.807) is 0 Å². The smallest absolute Gasteiger partial charge is 0.266 e. The molecule has 1 fully saturated rings. The van der Waals surface area contributed by atoms with Crippen LogP contribution in [0.3, 0.4) is 0 Å². The number of hydrogen-bond acceptors (Lipinski definition) is 3. The van der Waals surface area contributed by atoms with Gasteiger partial charge < -0.3 is 15.8 Å². The van der Waals surface area contributed by atoms with Crippen LogP contribution in [0, 0.1) is 5.82 Å². The highest BCUT2D eigenvalue weighted by Gasteiger charge is 2.27. The van der Waals surface area contributed by atoms with Crippen LogP contribution in [0.2, 0.25) is 5.02 Å². The minimum Gasteiger partial charge on any atom is -0.474 e. The molecule has 2 aromatic carbocycles. The molecule has 1 atom stereocenters. The highest BCUT2D eigenvalue weighted by atomic mass is 35.5. The molecule has 0 spiro atoms. The van der Waals surface area contributed by atoms with E-state index in [1.165, 1.54) is 18.2 Å². The van der Waals surface area contributed by atoms with E-state index in [0.29, 0.717) is 5.56 Å². The Bertz CT molecular complexity index is 753. The zero-order valence-corrected chi connectivity index (χ0v) is 16.3. The number of benzene rings is 2. The van der Waals surface area contributed by atoms with E-state index in [1.807, 2.05) is 30.3 Å². The van der Waals surface area contributed by atoms with Crippen LogP contribution in [-0.4, -0.2) is 18.0 Å². The quantitative estimate of drug-likeness (QED) is 0.764. The first-order valence-electron chi connectivity index (χ1n) is 8.75. The Morgan fingerprint density at radius 3 is 2.44 bits per heavy atom. The molecule has 0 heterocycles. The molecule has 4 nitrogen and oxygen atoms in total. The van der Waals surface area contributed by atoms with Gasteiger partial charge in [-0.25, -0.2) is 4.39 Å². The Morgan fingerprint density at radius 1 is 1.15 bits per heavy atom. The number of rotatable bonds is 5. The molecule has 1 unspecified atom stereocenters. The van der Waals surface area contributed by atoms with Crippen LogP contribution >= 0.6 is 24.0 Å². The first-order valence-corrected chi connectivity index (χ1v) is 9.13. The van der Waals surface area contributed by atoms with E-state index in [9.17, 15) is 9.18 Å². The lowest BCUT2D eigenvalue weighted by atomic mass is 9.91. The van der Waals surface area contributed by atoms with Crippen LogP contribution < -0.4 is 15.8 Å². The fourth-order valence-electron chi connectivity index (χ4n) is 3.14. The summed E-state index contributed by atoms with van der Waals surface area (Å²) in [5, 5.41) is 3.18. The fraction of sp³-hybridized carbons (Fsp3) is 0.350. The van der Waals surface area contributed by atoms with Gasteiger partial charge in [-0.3, -0.25) is 4.79 Å². The van der Waals surface area contributed by atoms with Crippen LogP contribution in [0.1, 0.15) is 37.4 Å². The fourth-order valence-corrected chi connectivity index (χ4v) is 3.35. The highest BCUT2D eigenvalue weighted by Crippen LogP contribution is 2.30. The normalized spacial score (nSPS) is 20.3. The maximum atomic E-state index is 13.3. The molecule has 1 aliphatic carbocycles. The molecule has 3 rings (SSSR count). The zero-order valence-electron chi connectivity index (χ0n) is 14.7. The van der Waals surface area contributed by atoms with Crippen molar-refractivity contribution in [1.82, 2.24) is 5.32 Å². The third-order valence-electron chi connectivity index (χ3n) is 4.60. The van der Waals surface area contributed by atoms with E-state index in [-0.39, 0.29) is 41.2 Å². The summed E-state index contributed by atoms with van der Waals surface area (Å²) < 4.78 is 19.2. The monoisotopic (exact) mass is 412 g/mol. The van der Waals surface area contributed by atoms with Gasteiger partial charge in [-0.15, -0.1) is 12.4 Å². The average molecular weight is 413 g/mol. The summed E-state index contributed by atoms with van der Waals surface area (Å²) in [4.78, 5) is 12.9. The van der Waals surface area contributed by atoms with Crippen LogP contribution in [0.15, 0.2) is 48.5 Å². The summed E-state index contributed by atoms with van der Waals surface area (Å²) in [7, 11) is 0. The van der Waals surface area contributed by atoms with Gasteiger partial charge in [0.2, 0.25) is 6.10 Å². The van der Waals surface area contributed by atoms with Gasteiger partial charge in [-0.1, -0.05) is 41.9 Å². The molecule has 0 radical (unpaired) electrons. The van der Waals surface area contributed by atoms with E-state index in [2.05, 4.69) is 5.32 Å². The number of carbonyl (C=O) groups is 1. The van der Waals surface area contributed by atoms with Gasteiger partial charge in [0, 0.05) is 17.6 Å². The molecule has 1 saturated carbocycles. The molecule has 1 aliphatic rings. The number of hydrogen-bond donors (Lipinski definition) is 2. The second kappa shape index (κ2) is 9.93. The summed E-state index contributed by atoms with van der Waals surface area (Å²) in [6.07, 6.45) is 2.63. The molecule has 3 N–H and O–H groups in total. The second-order valence-electron chi connectivity index (χ2n) is 6.60. The Balaban J connectivity index is 0.00000261. The standard InChI is InChI=1S/C20H22ClFN2O2.ClH/c21-17-12-14(22)6-11-18(17)26-19(13-4-2-1-3-5-13)20(25)24-16-9-7-15(23)8-10-16;/h1-6,11-12,15-16,19H,7-10,23H2,(H,24,25);1H. The lowest BCUT2D eigenvalue weighted by Crippen LogP contribution is -2.43. The molecule has 0 aromatic heterocycles. The maximum Gasteiger partial charge on any atom is 0.266 e. The summed E-state index contributed by atoms with van der Waals surface area (Å²) in [6.45, 7) is 0. The van der Waals surface area contributed by atoms with Gasteiger partial charge in [0.1, 0.15) is 11.6 Å². The number of amides is 1. The Hall–Kier alpha value is -1.82. The maximum absolute atomic E-state index is 13.3. The van der Waals surface area contributed by atoms with Crippen molar-refractivity contribution >= 4 is 29.9 Å². The Kier molecular flexibility index (Phi) is 7.90. The zero-order chi connectivity index (χ0) is 18.5. The predicted octanol–water partition coefficient (Wildman–Crippen LogP) is 4.41. The van der Waals surface area contributed by atoms with Gasteiger partial charge in [0.25, 0.3) is 5.91 Å². The minimum absolute atomic E-state index is 0. The topological polar surface area (TPSA) is 64.3 Å². The summed E-state index contributed by atoms with van der Waals surface area (Å²) in [6, 6.07) is 13.3. The van der Waals surface area contributed by atoms with E-state index in [0.717, 1.165) is 25.7 Å². The number of halogens is 3.